The van der Waals surface area contributed by atoms with E-state index in [1.54, 1.807) is 17.0 Å². The second-order valence-corrected chi connectivity index (χ2v) is 11.4. The molecular weight excluding hydrogens is 392 g/mol. The molecule has 10 heteroatoms. The summed E-state index contributed by atoms with van der Waals surface area (Å²) in [5, 5.41) is -0.874. The van der Waals surface area contributed by atoms with E-state index in [9.17, 15) is 21.6 Å². The molecule has 3 rings (SSSR count). The van der Waals surface area contributed by atoms with Crippen LogP contribution in [-0.4, -0.2) is 82.0 Å². The van der Waals surface area contributed by atoms with E-state index in [2.05, 4.69) is 0 Å². The molecule has 0 spiro atoms. The largest absolute Gasteiger partial charge is 0.496 e. The highest BCUT2D eigenvalue weighted by Gasteiger charge is 2.41. The highest BCUT2D eigenvalue weighted by atomic mass is 32.2. The number of ether oxygens (including phenoxy) is 1. The van der Waals surface area contributed by atoms with Gasteiger partial charge in [0.1, 0.15) is 5.75 Å². The van der Waals surface area contributed by atoms with Gasteiger partial charge in [-0.2, -0.15) is 4.31 Å². The van der Waals surface area contributed by atoms with E-state index >= 15 is 0 Å². The number of nitrogens with zero attached hydrogens (tertiary/aromatic N) is 2. The van der Waals surface area contributed by atoms with E-state index in [0.717, 1.165) is 5.56 Å². The molecule has 1 unspecified atom stereocenters. The molecule has 2 saturated heterocycles. The zero-order valence-electron chi connectivity index (χ0n) is 15.4. The molecule has 0 saturated carbocycles. The third-order valence-corrected chi connectivity index (χ3v) is 9.39. The van der Waals surface area contributed by atoms with Gasteiger partial charge < -0.3 is 9.64 Å². The second kappa shape index (κ2) is 7.40. The van der Waals surface area contributed by atoms with Crippen LogP contribution < -0.4 is 4.74 Å². The van der Waals surface area contributed by atoms with Crippen LogP contribution in [0.3, 0.4) is 0 Å². The van der Waals surface area contributed by atoms with Crippen molar-refractivity contribution < 1.29 is 26.4 Å². The van der Waals surface area contributed by atoms with Crippen LogP contribution in [0.15, 0.2) is 18.2 Å². The lowest BCUT2D eigenvalue weighted by Crippen LogP contribution is -2.52. The van der Waals surface area contributed by atoms with Crippen LogP contribution in [0.1, 0.15) is 22.3 Å². The van der Waals surface area contributed by atoms with Gasteiger partial charge in [-0.3, -0.25) is 4.79 Å². The summed E-state index contributed by atoms with van der Waals surface area (Å²) in [4.78, 5) is 14.4. The predicted molar refractivity (Wildman–Crippen MR) is 101 cm³/mol. The van der Waals surface area contributed by atoms with Gasteiger partial charge in [-0.1, -0.05) is 11.6 Å². The van der Waals surface area contributed by atoms with Gasteiger partial charge in [-0.15, -0.1) is 0 Å². The van der Waals surface area contributed by atoms with Crippen LogP contribution in [0.2, 0.25) is 0 Å². The number of benzene rings is 1. The van der Waals surface area contributed by atoms with Crippen molar-refractivity contribution in [3.63, 3.8) is 0 Å². The predicted octanol–water partition coefficient (Wildman–Crippen LogP) is 0.278. The van der Waals surface area contributed by atoms with Crippen molar-refractivity contribution in [2.24, 2.45) is 0 Å². The Morgan fingerprint density at radius 1 is 1.19 bits per heavy atom. The Balaban J connectivity index is 1.69. The number of carbonyl (C=O) groups excluding carboxylic acids is 1. The number of hydrogen-bond donors (Lipinski definition) is 0. The van der Waals surface area contributed by atoms with E-state index in [1.165, 1.54) is 11.4 Å². The van der Waals surface area contributed by atoms with Crippen molar-refractivity contribution in [3.8, 4) is 5.75 Å². The SMILES string of the molecule is COc1ccc(C)cc1C(=O)N1CCN(S(=O)(=O)C2CCS(=O)(=O)C2)CC1. The molecule has 2 aliphatic rings. The summed E-state index contributed by atoms with van der Waals surface area (Å²) in [5.74, 6) is -0.106. The Morgan fingerprint density at radius 2 is 1.85 bits per heavy atom. The number of rotatable bonds is 4. The van der Waals surface area contributed by atoms with E-state index in [-0.39, 0.29) is 50.0 Å². The molecule has 1 aromatic carbocycles. The number of piperazine rings is 1. The molecule has 0 N–H and O–H groups in total. The molecule has 1 atom stereocenters. The van der Waals surface area contributed by atoms with Gasteiger partial charge in [0.2, 0.25) is 10.0 Å². The molecule has 2 heterocycles. The van der Waals surface area contributed by atoms with Crippen molar-refractivity contribution in [2.45, 2.75) is 18.6 Å². The van der Waals surface area contributed by atoms with Gasteiger partial charge >= 0.3 is 0 Å². The van der Waals surface area contributed by atoms with E-state index in [4.69, 9.17) is 4.74 Å². The zero-order chi connectivity index (χ0) is 19.8. The maximum absolute atomic E-state index is 12.8. The van der Waals surface area contributed by atoms with Crippen molar-refractivity contribution in [3.05, 3.63) is 29.3 Å². The molecule has 8 nitrogen and oxygen atoms in total. The highest BCUT2D eigenvalue weighted by Crippen LogP contribution is 2.25. The minimum Gasteiger partial charge on any atom is -0.496 e. The molecule has 2 fully saturated rings. The first-order valence-corrected chi connectivity index (χ1v) is 12.1. The van der Waals surface area contributed by atoms with Crippen LogP contribution in [0, 0.1) is 6.92 Å². The van der Waals surface area contributed by atoms with Gasteiger partial charge in [0, 0.05) is 26.2 Å². The Kier molecular flexibility index (Phi) is 5.51. The number of sulfonamides is 1. The average molecular weight is 417 g/mol. The minimum absolute atomic E-state index is 0.0809. The van der Waals surface area contributed by atoms with Crippen LogP contribution >= 0.6 is 0 Å². The van der Waals surface area contributed by atoms with Crippen LogP contribution in [-0.2, 0) is 19.9 Å². The second-order valence-electron chi connectivity index (χ2n) is 6.96. The molecule has 0 aromatic heterocycles. The zero-order valence-corrected chi connectivity index (χ0v) is 17.1. The Bertz CT molecular complexity index is 934. The lowest BCUT2D eigenvalue weighted by molar-refractivity contribution is 0.0694. The lowest BCUT2D eigenvalue weighted by atomic mass is 10.1. The molecule has 150 valence electrons. The Labute approximate surface area is 160 Å². The van der Waals surface area contributed by atoms with E-state index < -0.39 is 25.1 Å². The Morgan fingerprint density at radius 3 is 2.41 bits per heavy atom. The normalized spacial score (nSPS) is 23.3. The first-order valence-electron chi connectivity index (χ1n) is 8.77. The fourth-order valence-electron chi connectivity index (χ4n) is 3.51. The minimum atomic E-state index is -3.67. The van der Waals surface area contributed by atoms with Gasteiger partial charge in [0.25, 0.3) is 5.91 Å². The lowest BCUT2D eigenvalue weighted by Gasteiger charge is -2.35. The molecule has 0 radical (unpaired) electrons. The number of carbonyl (C=O) groups is 1. The summed E-state index contributed by atoms with van der Waals surface area (Å²) >= 11 is 0. The number of hydrogen-bond acceptors (Lipinski definition) is 6. The maximum atomic E-state index is 12.8. The first kappa shape index (κ1) is 20.1. The third kappa shape index (κ3) is 4.12. The highest BCUT2D eigenvalue weighted by molar-refractivity contribution is 7.95. The number of sulfone groups is 1. The van der Waals surface area contributed by atoms with E-state index in [0.29, 0.717) is 11.3 Å². The van der Waals surface area contributed by atoms with Crippen molar-refractivity contribution >= 4 is 25.8 Å². The van der Waals surface area contributed by atoms with Crippen LogP contribution in [0.4, 0.5) is 0 Å². The first-order chi connectivity index (χ1) is 12.6. The number of methoxy groups -OCH3 is 1. The van der Waals surface area contributed by atoms with Crippen LogP contribution in [0.25, 0.3) is 0 Å². The molecule has 27 heavy (non-hydrogen) atoms. The molecule has 1 aromatic rings. The molecule has 1 amide bonds. The molecule has 0 aliphatic carbocycles. The molecule has 2 aliphatic heterocycles. The quantitative estimate of drug-likeness (QED) is 0.699. The van der Waals surface area contributed by atoms with Crippen molar-refractivity contribution in [2.75, 3.05) is 44.8 Å². The standard InChI is InChI=1S/C17H24N2O6S2/c1-13-3-4-16(25-2)15(11-13)17(20)18-6-8-19(9-7-18)27(23,24)14-5-10-26(21,22)12-14/h3-4,11,14H,5-10,12H2,1-2H3. The summed E-state index contributed by atoms with van der Waals surface area (Å²) in [6, 6.07) is 5.35. The Hall–Kier alpha value is -1.65. The topological polar surface area (TPSA) is 101 Å². The average Bonchev–Trinajstić information content (AvgIpc) is 3.02. The summed E-state index contributed by atoms with van der Waals surface area (Å²) in [5.41, 5.74) is 1.39. The van der Waals surface area contributed by atoms with Gasteiger partial charge in [0.15, 0.2) is 9.84 Å². The fourth-order valence-corrected chi connectivity index (χ4v) is 8.02. The van der Waals surface area contributed by atoms with Crippen molar-refractivity contribution in [1.82, 2.24) is 9.21 Å². The summed E-state index contributed by atoms with van der Waals surface area (Å²) < 4.78 is 55.2. The maximum Gasteiger partial charge on any atom is 0.257 e. The van der Waals surface area contributed by atoms with Gasteiger partial charge in [0.05, 0.1) is 29.4 Å². The summed E-state index contributed by atoms with van der Waals surface area (Å²) in [6.07, 6.45) is 0.143. The monoisotopic (exact) mass is 416 g/mol. The third-order valence-electron chi connectivity index (χ3n) is 5.08. The van der Waals surface area contributed by atoms with Gasteiger partial charge in [-0.05, 0) is 25.5 Å². The number of aryl methyl sites for hydroxylation is 1. The summed E-state index contributed by atoms with van der Waals surface area (Å²) in [6.45, 7) is 2.73. The van der Waals surface area contributed by atoms with Crippen LogP contribution in [0.5, 0.6) is 5.75 Å². The fraction of sp³-hybridized carbons (Fsp3) is 0.588. The van der Waals surface area contributed by atoms with Crippen molar-refractivity contribution in [1.29, 1.82) is 0 Å². The molecular formula is C17H24N2O6S2. The summed E-state index contributed by atoms with van der Waals surface area (Å²) in [7, 11) is -5.45. The van der Waals surface area contributed by atoms with E-state index in [1.807, 2.05) is 13.0 Å². The smallest absolute Gasteiger partial charge is 0.257 e. The number of amides is 1. The van der Waals surface area contributed by atoms with Gasteiger partial charge in [-0.25, -0.2) is 16.8 Å². The molecule has 0 bridgehead atoms.